The second kappa shape index (κ2) is 8.37. The van der Waals surface area contributed by atoms with Crippen molar-refractivity contribution in [2.75, 3.05) is 36.4 Å². The van der Waals surface area contributed by atoms with Crippen molar-refractivity contribution in [2.45, 2.75) is 6.42 Å². The van der Waals surface area contributed by atoms with E-state index in [0.29, 0.717) is 5.57 Å². The maximum Gasteiger partial charge on any atom is 0.228 e. The highest BCUT2D eigenvalue weighted by Gasteiger charge is 2.16. The molecule has 0 amide bonds. The van der Waals surface area contributed by atoms with Crippen LogP contribution in [0.25, 0.3) is 15.8 Å². The largest absolute Gasteiger partial charge is 0.404 e. The molecule has 1 fully saturated rings. The van der Waals surface area contributed by atoms with Crippen LogP contribution in [-0.2, 0) is 0 Å². The van der Waals surface area contributed by atoms with Crippen LogP contribution in [0, 0.1) is 5.41 Å². The molecule has 4 rings (SSSR count). The van der Waals surface area contributed by atoms with Crippen molar-refractivity contribution in [2.24, 2.45) is 5.73 Å². The second-order valence-electron chi connectivity index (χ2n) is 6.57. The average Bonchev–Trinajstić information content (AvgIpc) is 3.03. The van der Waals surface area contributed by atoms with E-state index in [2.05, 4.69) is 15.5 Å². The van der Waals surface area contributed by atoms with Crippen molar-refractivity contribution in [1.82, 2.24) is 15.3 Å². The first-order chi connectivity index (χ1) is 13.8. The highest BCUT2D eigenvalue weighted by molar-refractivity contribution is 7.17. The van der Waals surface area contributed by atoms with Crippen molar-refractivity contribution in [3.63, 3.8) is 0 Å². The Morgan fingerprint density at radius 3 is 2.82 bits per heavy atom. The van der Waals surface area contributed by atoms with E-state index in [9.17, 15) is 0 Å². The highest BCUT2D eigenvalue weighted by atomic mass is 32.1. The molecule has 1 aliphatic rings. The molecule has 0 radical (unpaired) electrons. The molecule has 0 aliphatic carbocycles. The summed E-state index contributed by atoms with van der Waals surface area (Å²) in [5, 5.41) is 16.3. The van der Waals surface area contributed by atoms with E-state index in [0.717, 1.165) is 65.8 Å². The Balaban J connectivity index is 1.64. The number of nitrogens with zero attached hydrogens (tertiary/aromatic N) is 3. The van der Waals surface area contributed by atoms with Crippen LogP contribution in [0.15, 0.2) is 41.9 Å². The van der Waals surface area contributed by atoms with Crippen LogP contribution in [0.3, 0.4) is 0 Å². The van der Waals surface area contributed by atoms with Crippen molar-refractivity contribution >= 4 is 50.8 Å². The number of fused-ring (bicyclic) bond motifs is 1. The zero-order valence-electron chi connectivity index (χ0n) is 15.5. The number of hydrogen-bond donors (Lipinski definition) is 4. The third-order valence-electron chi connectivity index (χ3n) is 4.73. The number of nitrogens with two attached hydrogens (primary N) is 1. The monoisotopic (exact) mass is 393 g/mol. The van der Waals surface area contributed by atoms with Crippen LogP contribution >= 0.6 is 11.3 Å². The van der Waals surface area contributed by atoms with Crippen molar-refractivity contribution < 1.29 is 0 Å². The zero-order chi connectivity index (χ0) is 19.3. The molecule has 2 aromatic heterocycles. The van der Waals surface area contributed by atoms with Crippen molar-refractivity contribution in [3.8, 4) is 0 Å². The Labute approximate surface area is 167 Å². The summed E-state index contributed by atoms with van der Waals surface area (Å²) in [4.78, 5) is 11.9. The van der Waals surface area contributed by atoms with E-state index < -0.39 is 0 Å². The van der Waals surface area contributed by atoms with Gasteiger partial charge in [0.2, 0.25) is 5.95 Å². The minimum absolute atomic E-state index is 0.686. The lowest BCUT2D eigenvalue weighted by Crippen LogP contribution is -2.29. The third-order valence-corrected chi connectivity index (χ3v) is 5.64. The normalized spacial score (nSPS) is 15.4. The van der Waals surface area contributed by atoms with Crippen LogP contribution < -0.4 is 21.3 Å². The summed E-state index contributed by atoms with van der Waals surface area (Å²) in [6.45, 7) is 3.83. The number of benzene rings is 1. The fraction of sp³-hybridized carbons (Fsp3) is 0.250. The van der Waals surface area contributed by atoms with E-state index in [-0.39, 0.29) is 0 Å². The molecular formula is C20H23N7S. The van der Waals surface area contributed by atoms with Gasteiger partial charge in [0, 0.05) is 43.3 Å². The lowest BCUT2D eigenvalue weighted by Gasteiger charge is -2.20. The van der Waals surface area contributed by atoms with Gasteiger partial charge in [0.15, 0.2) is 5.82 Å². The summed E-state index contributed by atoms with van der Waals surface area (Å²) >= 11 is 1.63. The molecule has 1 saturated heterocycles. The summed E-state index contributed by atoms with van der Waals surface area (Å²) in [5.74, 6) is 1.59. The van der Waals surface area contributed by atoms with Gasteiger partial charge in [-0.3, -0.25) is 0 Å². The molecule has 1 aromatic carbocycles. The first-order valence-corrected chi connectivity index (χ1v) is 10.2. The summed E-state index contributed by atoms with van der Waals surface area (Å²) in [6, 6.07) is 9.87. The number of aromatic nitrogens is 2. The van der Waals surface area contributed by atoms with Crippen molar-refractivity contribution in [3.05, 3.63) is 47.5 Å². The maximum atomic E-state index is 7.43. The fourth-order valence-electron chi connectivity index (χ4n) is 3.23. The number of hydrogen-bond acceptors (Lipinski definition) is 8. The molecule has 28 heavy (non-hydrogen) atoms. The standard InChI is InChI=1S/C20H23N7S/c21-12-15(13-22)14-2-4-16(5-3-14)24-19-18-17(6-11-28-18)25-20(26-19)27-9-1-7-23-8-10-27/h2-6,11-13,21,23H,1,7-10,22H2,(H,24,25,26). The van der Waals surface area contributed by atoms with Gasteiger partial charge in [-0.05, 0) is 42.1 Å². The molecule has 3 heterocycles. The van der Waals surface area contributed by atoms with E-state index >= 15 is 0 Å². The SMILES string of the molecule is N=CC(=CN)c1ccc(Nc2nc(N3CCCNCC3)nc3ccsc23)cc1. The third kappa shape index (κ3) is 3.83. The Bertz CT molecular complexity index is 985. The minimum Gasteiger partial charge on any atom is -0.404 e. The smallest absolute Gasteiger partial charge is 0.228 e. The molecule has 0 bridgehead atoms. The predicted molar refractivity (Wildman–Crippen MR) is 118 cm³/mol. The molecule has 0 spiro atoms. The molecule has 8 heteroatoms. The molecule has 0 unspecified atom stereocenters. The summed E-state index contributed by atoms with van der Waals surface area (Å²) in [5.41, 5.74) is 9.06. The van der Waals surface area contributed by atoms with Gasteiger partial charge < -0.3 is 26.7 Å². The molecule has 0 atom stereocenters. The summed E-state index contributed by atoms with van der Waals surface area (Å²) in [6.07, 6.45) is 3.78. The Morgan fingerprint density at radius 1 is 1.18 bits per heavy atom. The second-order valence-corrected chi connectivity index (χ2v) is 7.48. The van der Waals surface area contributed by atoms with Gasteiger partial charge in [0.1, 0.15) is 0 Å². The molecule has 1 aliphatic heterocycles. The average molecular weight is 394 g/mol. The minimum atomic E-state index is 0.686. The highest BCUT2D eigenvalue weighted by Crippen LogP contribution is 2.31. The maximum absolute atomic E-state index is 7.43. The number of anilines is 3. The first-order valence-electron chi connectivity index (χ1n) is 9.29. The van der Waals surface area contributed by atoms with E-state index in [1.54, 1.807) is 11.3 Å². The Hall–Kier alpha value is -2.97. The molecule has 0 saturated carbocycles. The van der Waals surface area contributed by atoms with Gasteiger partial charge in [-0.25, -0.2) is 4.98 Å². The lowest BCUT2D eigenvalue weighted by atomic mass is 10.1. The van der Waals surface area contributed by atoms with Crippen LogP contribution in [0.5, 0.6) is 0 Å². The first kappa shape index (κ1) is 18.4. The van der Waals surface area contributed by atoms with Gasteiger partial charge in [-0.2, -0.15) is 4.98 Å². The van der Waals surface area contributed by atoms with Crippen molar-refractivity contribution in [1.29, 1.82) is 5.41 Å². The van der Waals surface area contributed by atoms with Gasteiger partial charge in [-0.15, -0.1) is 11.3 Å². The topological polar surface area (TPSA) is 103 Å². The van der Waals surface area contributed by atoms with Gasteiger partial charge >= 0.3 is 0 Å². The van der Waals surface area contributed by atoms with Crippen LogP contribution in [0.1, 0.15) is 12.0 Å². The molecule has 144 valence electrons. The van der Waals surface area contributed by atoms with E-state index in [1.165, 1.54) is 12.4 Å². The quantitative estimate of drug-likeness (QED) is 0.497. The van der Waals surface area contributed by atoms with Crippen LogP contribution in [0.2, 0.25) is 0 Å². The number of nitrogens with one attached hydrogen (secondary N) is 3. The number of allylic oxidation sites excluding steroid dienone is 1. The van der Waals surface area contributed by atoms with Gasteiger partial charge in [0.05, 0.1) is 10.2 Å². The van der Waals surface area contributed by atoms with E-state index in [1.807, 2.05) is 35.7 Å². The van der Waals surface area contributed by atoms with Gasteiger partial charge in [0.25, 0.3) is 0 Å². The molecule has 7 nitrogen and oxygen atoms in total. The number of thiophene rings is 1. The summed E-state index contributed by atoms with van der Waals surface area (Å²) < 4.78 is 1.04. The van der Waals surface area contributed by atoms with Gasteiger partial charge in [-0.1, -0.05) is 12.1 Å². The zero-order valence-corrected chi connectivity index (χ0v) is 16.3. The van der Waals surface area contributed by atoms with E-state index in [4.69, 9.17) is 21.1 Å². The lowest BCUT2D eigenvalue weighted by molar-refractivity contribution is 0.724. The predicted octanol–water partition coefficient (Wildman–Crippen LogP) is 3.18. The summed E-state index contributed by atoms with van der Waals surface area (Å²) in [7, 11) is 0. The molecular weight excluding hydrogens is 370 g/mol. The van der Waals surface area contributed by atoms with Crippen LogP contribution in [0.4, 0.5) is 17.5 Å². The Kier molecular flexibility index (Phi) is 5.50. The fourth-order valence-corrected chi connectivity index (χ4v) is 4.01. The molecule has 3 aromatic rings. The number of rotatable bonds is 5. The Morgan fingerprint density at radius 2 is 2.04 bits per heavy atom. The molecule has 5 N–H and O–H groups in total. The van der Waals surface area contributed by atoms with Crippen LogP contribution in [-0.4, -0.2) is 42.4 Å².